The van der Waals surface area contributed by atoms with Crippen LogP contribution in [0.1, 0.15) is 19.4 Å². The first kappa shape index (κ1) is 15.5. The van der Waals surface area contributed by atoms with Gasteiger partial charge < -0.3 is 15.2 Å². The molecule has 4 heteroatoms. The van der Waals surface area contributed by atoms with Crippen molar-refractivity contribution in [2.24, 2.45) is 11.8 Å². The van der Waals surface area contributed by atoms with Gasteiger partial charge in [-0.2, -0.15) is 0 Å². The van der Waals surface area contributed by atoms with Crippen LogP contribution in [0.3, 0.4) is 0 Å². The second-order valence-electron chi connectivity index (χ2n) is 4.99. The first-order chi connectivity index (χ1) is 9.04. The number of methoxy groups -OCH3 is 1. The van der Waals surface area contributed by atoms with Gasteiger partial charge in [0, 0.05) is 6.54 Å². The zero-order valence-electron chi connectivity index (χ0n) is 11.8. The summed E-state index contributed by atoms with van der Waals surface area (Å²) in [6.07, 6.45) is 0.863. The number of hydrogen-bond donors (Lipinski definition) is 2. The van der Waals surface area contributed by atoms with Gasteiger partial charge in [0.2, 0.25) is 0 Å². The van der Waals surface area contributed by atoms with Crippen molar-refractivity contribution in [3.8, 4) is 5.75 Å². The monoisotopic (exact) mass is 265 g/mol. The maximum Gasteiger partial charge on any atom is 0.308 e. The largest absolute Gasteiger partial charge is 0.497 e. The fraction of sp³-hybridized carbons (Fsp3) is 0.533. The van der Waals surface area contributed by atoms with E-state index in [0.717, 1.165) is 18.7 Å². The van der Waals surface area contributed by atoms with Crippen molar-refractivity contribution in [1.29, 1.82) is 0 Å². The highest BCUT2D eigenvalue weighted by atomic mass is 16.5. The Balaban J connectivity index is 2.35. The minimum Gasteiger partial charge on any atom is -0.497 e. The number of carboxylic acid groups (broad SMARTS) is 1. The Morgan fingerprint density at radius 2 is 2.16 bits per heavy atom. The molecular weight excluding hydrogens is 242 g/mol. The van der Waals surface area contributed by atoms with Crippen LogP contribution in [-0.4, -0.2) is 31.3 Å². The van der Waals surface area contributed by atoms with Crippen LogP contribution in [-0.2, 0) is 11.2 Å². The lowest BCUT2D eigenvalue weighted by Crippen LogP contribution is -2.33. The molecule has 0 aliphatic heterocycles. The van der Waals surface area contributed by atoms with Gasteiger partial charge in [-0.1, -0.05) is 26.0 Å². The van der Waals surface area contributed by atoms with Crippen molar-refractivity contribution >= 4 is 5.97 Å². The molecule has 0 aliphatic rings. The second-order valence-corrected chi connectivity index (χ2v) is 4.99. The van der Waals surface area contributed by atoms with E-state index in [0.29, 0.717) is 6.54 Å². The van der Waals surface area contributed by atoms with E-state index in [1.807, 2.05) is 38.1 Å². The summed E-state index contributed by atoms with van der Waals surface area (Å²) in [5.41, 5.74) is 1.18. The molecule has 1 aromatic rings. The second kappa shape index (κ2) is 7.79. The first-order valence-corrected chi connectivity index (χ1v) is 6.61. The van der Waals surface area contributed by atoms with Crippen LogP contribution in [0.25, 0.3) is 0 Å². The summed E-state index contributed by atoms with van der Waals surface area (Å²) in [5.74, 6) is -0.0703. The Bertz CT molecular complexity index is 404. The van der Waals surface area contributed by atoms with E-state index < -0.39 is 5.97 Å². The van der Waals surface area contributed by atoms with Crippen LogP contribution in [0.15, 0.2) is 24.3 Å². The van der Waals surface area contributed by atoms with Gasteiger partial charge in [0.05, 0.1) is 13.0 Å². The number of carbonyl (C=O) groups is 1. The quantitative estimate of drug-likeness (QED) is 0.707. The SMILES string of the molecule is COc1cccc(CCNCC(C(=O)O)C(C)C)c1. The molecule has 1 aromatic carbocycles. The van der Waals surface area contributed by atoms with Crippen LogP contribution < -0.4 is 10.1 Å². The summed E-state index contributed by atoms with van der Waals surface area (Å²) in [5, 5.41) is 12.3. The molecular formula is C15H23NO3. The smallest absolute Gasteiger partial charge is 0.308 e. The Labute approximate surface area is 114 Å². The average molecular weight is 265 g/mol. The molecule has 0 heterocycles. The van der Waals surface area contributed by atoms with E-state index >= 15 is 0 Å². The third-order valence-electron chi connectivity index (χ3n) is 3.21. The molecule has 0 saturated heterocycles. The standard InChI is InChI=1S/C15H23NO3/c1-11(2)14(15(17)18)10-16-8-7-12-5-4-6-13(9-12)19-3/h4-6,9,11,14,16H,7-8,10H2,1-3H3,(H,17,18). The van der Waals surface area contributed by atoms with Gasteiger partial charge in [0.15, 0.2) is 0 Å². The van der Waals surface area contributed by atoms with Gasteiger partial charge in [-0.3, -0.25) is 4.79 Å². The molecule has 0 amide bonds. The molecule has 19 heavy (non-hydrogen) atoms. The zero-order chi connectivity index (χ0) is 14.3. The first-order valence-electron chi connectivity index (χ1n) is 6.61. The fourth-order valence-electron chi connectivity index (χ4n) is 1.93. The highest BCUT2D eigenvalue weighted by molar-refractivity contribution is 5.70. The zero-order valence-corrected chi connectivity index (χ0v) is 11.8. The van der Waals surface area contributed by atoms with Crippen molar-refractivity contribution in [2.75, 3.05) is 20.2 Å². The number of ether oxygens (including phenoxy) is 1. The molecule has 1 rings (SSSR count). The van der Waals surface area contributed by atoms with Crippen LogP contribution in [0.2, 0.25) is 0 Å². The number of benzene rings is 1. The number of aliphatic carboxylic acids is 1. The number of rotatable bonds is 8. The molecule has 0 fully saturated rings. The lowest BCUT2D eigenvalue weighted by molar-refractivity contribution is -0.143. The highest BCUT2D eigenvalue weighted by Gasteiger charge is 2.20. The molecule has 1 atom stereocenters. The summed E-state index contributed by atoms with van der Waals surface area (Å²) < 4.78 is 5.16. The van der Waals surface area contributed by atoms with Crippen LogP contribution in [0.5, 0.6) is 5.75 Å². The fourth-order valence-corrected chi connectivity index (χ4v) is 1.93. The van der Waals surface area contributed by atoms with E-state index in [1.165, 1.54) is 5.56 Å². The topological polar surface area (TPSA) is 58.6 Å². The van der Waals surface area contributed by atoms with Crippen molar-refractivity contribution in [2.45, 2.75) is 20.3 Å². The van der Waals surface area contributed by atoms with Gasteiger partial charge in [-0.05, 0) is 36.6 Å². The van der Waals surface area contributed by atoms with Crippen molar-refractivity contribution in [3.05, 3.63) is 29.8 Å². The van der Waals surface area contributed by atoms with E-state index in [1.54, 1.807) is 7.11 Å². The number of carboxylic acids is 1. The summed E-state index contributed by atoms with van der Waals surface area (Å²) in [7, 11) is 1.65. The number of hydrogen-bond acceptors (Lipinski definition) is 3. The van der Waals surface area contributed by atoms with Crippen molar-refractivity contribution < 1.29 is 14.6 Å². The van der Waals surface area contributed by atoms with E-state index in [-0.39, 0.29) is 11.8 Å². The molecule has 0 radical (unpaired) electrons. The molecule has 0 spiro atoms. The molecule has 106 valence electrons. The third-order valence-corrected chi connectivity index (χ3v) is 3.21. The summed E-state index contributed by atoms with van der Waals surface area (Å²) in [6, 6.07) is 7.92. The van der Waals surface area contributed by atoms with Crippen molar-refractivity contribution in [3.63, 3.8) is 0 Å². The third kappa shape index (κ3) is 5.30. The molecule has 0 aliphatic carbocycles. The van der Waals surface area contributed by atoms with E-state index in [2.05, 4.69) is 5.32 Å². The maximum absolute atomic E-state index is 11.0. The molecule has 1 unspecified atom stereocenters. The Morgan fingerprint density at radius 3 is 2.74 bits per heavy atom. The molecule has 0 saturated carbocycles. The average Bonchev–Trinajstić information content (AvgIpc) is 2.37. The van der Waals surface area contributed by atoms with Gasteiger partial charge in [0.25, 0.3) is 0 Å². The Hall–Kier alpha value is -1.55. The van der Waals surface area contributed by atoms with Crippen molar-refractivity contribution in [1.82, 2.24) is 5.32 Å². The summed E-state index contributed by atoms with van der Waals surface area (Å²) in [4.78, 5) is 11.0. The Morgan fingerprint density at radius 1 is 1.42 bits per heavy atom. The lowest BCUT2D eigenvalue weighted by Gasteiger charge is -2.16. The normalized spacial score (nSPS) is 12.4. The van der Waals surface area contributed by atoms with Crippen LogP contribution in [0, 0.1) is 11.8 Å². The van der Waals surface area contributed by atoms with E-state index in [9.17, 15) is 4.79 Å². The number of nitrogens with one attached hydrogen (secondary N) is 1. The van der Waals surface area contributed by atoms with Gasteiger partial charge in [0.1, 0.15) is 5.75 Å². The van der Waals surface area contributed by atoms with Crippen LogP contribution in [0.4, 0.5) is 0 Å². The minimum absolute atomic E-state index is 0.141. The molecule has 0 aromatic heterocycles. The molecule has 2 N–H and O–H groups in total. The summed E-state index contributed by atoms with van der Waals surface area (Å²) >= 11 is 0. The molecule has 0 bridgehead atoms. The lowest BCUT2D eigenvalue weighted by atomic mass is 9.96. The van der Waals surface area contributed by atoms with E-state index in [4.69, 9.17) is 9.84 Å². The van der Waals surface area contributed by atoms with Gasteiger partial charge in [-0.15, -0.1) is 0 Å². The van der Waals surface area contributed by atoms with Gasteiger partial charge in [-0.25, -0.2) is 0 Å². The maximum atomic E-state index is 11.0. The van der Waals surface area contributed by atoms with Crippen LogP contribution >= 0.6 is 0 Å². The minimum atomic E-state index is -0.733. The Kier molecular flexibility index (Phi) is 6.36. The predicted molar refractivity (Wildman–Crippen MR) is 75.5 cm³/mol. The highest BCUT2D eigenvalue weighted by Crippen LogP contribution is 2.13. The molecule has 4 nitrogen and oxygen atoms in total. The van der Waals surface area contributed by atoms with Gasteiger partial charge >= 0.3 is 5.97 Å². The predicted octanol–water partition coefficient (Wildman–Crippen LogP) is 2.18. The summed E-state index contributed by atoms with van der Waals surface area (Å²) in [6.45, 7) is 5.14.